The van der Waals surface area contributed by atoms with E-state index in [4.69, 9.17) is 4.74 Å². The third kappa shape index (κ3) is 1.71. The Labute approximate surface area is 104 Å². The summed E-state index contributed by atoms with van der Waals surface area (Å²) in [5.41, 5.74) is 3.19. The van der Waals surface area contributed by atoms with Gasteiger partial charge in [-0.25, -0.2) is 0 Å². The molecule has 2 aliphatic heterocycles. The van der Waals surface area contributed by atoms with Crippen molar-refractivity contribution < 1.29 is 4.74 Å². The van der Waals surface area contributed by atoms with E-state index in [-0.39, 0.29) is 5.54 Å². The van der Waals surface area contributed by atoms with Crippen LogP contribution < -0.4 is 0 Å². The second-order valence-corrected chi connectivity index (χ2v) is 5.57. The molecular weight excluding hydrogens is 210 g/mol. The second kappa shape index (κ2) is 4.11. The molecule has 2 heterocycles. The normalized spacial score (nSPS) is 27.5. The van der Waals surface area contributed by atoms with E-state index >= 15 is 0 Å². The number of nitrogens with zero attached hydrogens (tertiary/aromatic N) is 1. The van der Waals surface area contributed by atoms with Gasteiger partial charge in [0.1, 0.15) is 0 Å². The summed E-state index contributed by atoms with van der Waals surface area (Å²) in [5, 5.41) is 0. The van der Waals surface area contributed by atoms with Crippen molar-refractivity contribution in [3.8, 4) is 0 Å². The first-order chi connectivity index (χ1) is 8.22. The molecule has 92 valence electrons. The highest BCUT2D eigenvalue weighted by Crippen LogP contribution is 2.46. The molecule has 0 spiro atoms. The summed E-state index contributed by atoms with van der Waals surface area (Å²) in [4.78, 5) is 2.61. The minimum Gasteiger partial charge on any atom is -0.377 e. The Morgan fingerprint density at radius 3 is 3.00 bits per heavy atom. The lowest BCUT2D eigenvalue weighted by Gasteiger charge is -2.33. The van der Waals surface area contributed by atoms with Gasteiger partial charge in [0.15, 0.2) is 0 Å². The third-order valence-electron chi connectivity index (χ3n) is 4.16. The zero-order chi connectivity index (χ0) is 11.9. The maximum Gasteiger partial charge on any atom is 0.0703 e. The van der Waals surface area contributed by atoms with Gasteiger partial charge in [-0.2, -0.15) is 0 Å². The van der Waals surface area contributed by atoms with E-state index in [1.165, 1.54) is 30.5 Å². The van der Waals surface area contributed by atoms with Crippen LogP contribution in [-0.4, -0.2) is 24.2 Å². The standard InChI is InChI=1S/C15H21NO/c1-12(2)17-11-15-8-5-9-16(15)10-13-6-3-4-7-14(13)15/h3-4,6-7,12H,5,8-11H2,1-2H3. The van der Waals surface area contributed by atoms with Gasteiger partial charge in [0, 0.05) is 6.54 Å². The number of ether oxygens (including phenoxy) is 1. The average Bonchev–Trinajstić information content (AvgIpc) is 2.82. The molecular formula is C15H21NO. The van der Waals surface area contributed by atoms with Crippen LogP contribution in [0, 0.1) is 0 Å². The van der Waals surface area contributed by atoms with Gasteiger partial charge in [0.2, 0.25) is 0 Å². The van der Waals surface area contributed by atoms with Crippen LogP contribution in [0.4, 0.5) is 0 Å². The molecule has 0 N–H and O–H groups in total. The summed E-state index contributed by atoms with van der Waals surface area (Å²) in [6, 6.07) is 8.88. The van der Waals surface area contributed by atoms with Gasteiger partial charge < -0.3 is 4.74 Å². The van der Waals surface area contributed by atoms with Crippen molar-refractivity contribution in [2.24, 2.45) is 0 Å². The predicted octanol–water partition coefficient (Wildman–Crippen LogP) is 2.92. The molecule has 1 atom stereocenters. The SMILES string of the molecule is CC(C)OCC12CCCN1Cc1ccccc12. The number of rotatable bonds is 3. The summed E-state index contributed by atoms with van der Waals surface area (Å²) in [6.07, 6.45) is 2.87. The Bertz CT molecular complexity index is 415. The predicted molar refractivity (Wildman–Crippen MR) is 68.9 cm³/mol. The van der Waals surface area contributed by atoms with Crippen LogP contribution in [0.25, 0.3) is 0 Å². The fraction of sp³-hybridized carbons (Fsp3) is 0.600. The average molecular weight is 231 g/mol. The Morgan fingerprint density at radius 2 is 2.18 bits per heavy atom. The van der Waals surface area contributed by atoms with Crippen molar-refractivity contribution in [1.82, 2.24) is 4.90 Å². The molecule has 0 radical (unpaired) electrons. The number of fused-ring (bicyclic) bond motifs is 3. The Morgan fingerprint density at radius 1 is 1.35 bits per heavy atom. The van der Waals surface area contributed by atoms with E-state index in [9.17, 15) is 0 Å². The molecule has 1 saturated heterocycles. The molecule has 0 saturated carbocycles. The van der Waals surface area contributed by atoms with Crippen molar-refractivity contribution in [3.63, 3.8) is 0 Å². The monoisotopic (exact) mass is 231 g/mol. The Kier molecular flexibility index (Phi) is 2.72. The van der Waals surface area contributed by atoms with Gasteiger partial charge in [0.25, 0.3) is 0 Å². The van der Waals surface area contributed by atoms with Gasteiger partial charge in [-0.15, -0.1) is 0 Å². The number of hydrogen-bond donors (Lipinski definition) is 0. The summed E-state index contributed by atoms with van der Waals surface area (Å²) in [5.74, 6) is 0. The van der Waals surface area contributed by atoms with E-state index < -0.39 is 0 Å². The first kappa shape index (κ1) is 11.2. The quantitative estimate of drug-likeness (QED) is 0.793. The Hall–Kier alpha value is -0.860. The fourth-order valence-electron chi connectivity index (χ4n) is 3.33. The molecule has 1 unspecified atom stereocenters. The van der Waals surface area contributed by atoms with Crippen molar-refractivity contribution in [2.75, 3.05) is 13.2 Å². The highest BCUT2D eigenvalue weighted by molar-refractivity contribution is 5.39. The molecule has 17 heavy (non-hydrogen) atoms. The molecule has 0 amide bonds. The van der Waals surface area contributed by atoms with Crippen molar-refractivity contribution >= 4 is 0 Å². The van der Waals surface area contributed by atoms with Crippen molar-refractivity contribution in [3.05, 3.63) is 35.4 Å². The fourth-order valence-corrected chi connectivity index (χ4v) is 3.33. The molecule has 1 aromatic rings. The van der Waals surface area contributed by atoms with Crippen LogP contribution in [0.5, 0.6) is 0 Å². The van der Waals surface area contributed by atoms with E-state index in [1.807, 2.05) is 0 Å². The first-order valence-electron chi connectivity index (χ1n) is 6.67. The van der Waals surface area contributed by atoms with Crippen LogP contribution in [0.15, 0.2) is 24.3 Å². The lowest BCUT2D eigenvalue weighted by molar-refractivity contribution is -0.00932. The van der Waals surface area contributed by atoms with Gasteiger partial charge in [0.05, 0.1) is 18.2 Å². The van der Waals surface area contributed by atoms with Crippen LogP contribution in [-0.2, 0) is 16.8 Å². The zero-order valence-electron chi connectivity index (χ0n) is 10.8. The van der Waals surface area contributed by atoms with Gasteiger partial charge >= 0.3 is 0 Å². The lowest BCUT2D eigenvalue weighted by Crippen LogP contribution is -2.40. The minimum absolute atomic E-state index is 0.181. The second-order valence-electron chi connectivity index (χ2n) is 5.57. The molecule has 0 aromatic heterocycles. The topological polar surface area (TPSA) is 12.5 Å². The van der Waals surface area contributed by atoms with E-state index in [0.717, 1.165) is 13.2 Å². The minimum atomic E-state index is 0.181. The Balaban J connectivity index is 1.94. The molecule has 0 bridgehead atoms. The summed E-state index contributed by atoms with van der Waals surface area (Å²) >= 11 is 0. The highest BCUT2D eigenvalue weighted by atomic mass is 16.5. The van der Waals surface area contributed by atoms with E-state index in [2.05, 4.69) is 43.0 Å². The molecule has 2 aliphatic rings. The van der Waals surface area contributed by atoms with E-state index in [0.29, 0.717) is 6.10 Å². The molecule has 1 aromatic carbocycles. The largest absolute Gasteiger partial charge is 0.377 e. The van der Waals surface area contributed by atoms with Crippen LogP contribution in [0.3, 0.4) is 0 Å². The van der Waals surface area contributed by atoms with Crippen LogP contribution >= 0.6 is 0 Å². The molecule has 2 heteroatoms. The van der Waals surface area contributed by atoms with Gasteiger partial charge in [-0.05, 0) is 44.4 Å². The smallest absolute Gasteiger partial charge is 0.0703 e. The maximum atomic E-state index is 5.95. The lowest BCUT2D eigenvalue weighted by atomic mass is 9.88. The van der Waals surface area contributed by atoms with Gasteiger partial charge in [-0.3, -0.25) is 4.90 Å². The summed E-state index contributed by atoms with van der Waals surface area (Å²) in [7, 11) is 0. The van der Waals surface area contributed by atoms with Crippen molar-refractivity contribution in [1.29, 1.82) is 0 Å². The number of hydrogen-bond acceptors (Lipinski definition) is 2. The third-order valence-corrected chi connectivity index (χ3v) is 4.16. The first-order valence-corrected chi connectivity index (χ1v) is 6.67. The van der Waals surface area contributed by atoms with Gasteiger partial charge in [-0.1, -0.05) is 24.3 Å². The van der Waals surface area contributed by atoms with Crippen LogP contribution in [0.2, 0.25) is 0 Å². The molecule has 3 rings (SSSR count). The molecule has 2 nitrogen and oxygen atoms in total. The van der Waals surface area contributed by atoms with Crippen LogP contribution in [0.1, 0.15) is 37.8 Å². The maximum absolute atomic E-state index is 5.95. The molecule has 1 fully saturated rings. The summed E-state index contributed by atoms with van der Waals surface area (Å²) in [6.45, 7) is 7.42. The number of benzene rings is 1. The highest BCUT2D eigenvalue weighted by Gasteiger charge is 2.48. The van der Waals surface area contributed by atoms with Crippen molar-refractivity contribution in [2.45, 2.75) is 44.9 Å². The van der Waals surface area contributed by atoms with E-state index in [1.54, 1.807) is 0 Å². The molecule has 0 aliphatic carbocycles. The summed E-state index contributed by atoms with van der Waals surface area (Å²) < 4.78 is 5.95. The zero-order valence-corrected chi connectivity index (χ0v) is 10.8.